The molecule has 6 nitrogen and oxygen atoms in total. The van der Waals surface area contributed by atoms with Gasteiger partial charge in [-0.15, -0.1) is 0 Å². The van der Waals surface area contributed by atoms with E-state index in [-0.39, 0.29) is 28.1 Å². The molecule has 0 aliphatic carbocycles. The molecule has 0 aliphatic heterocycles. The van der Waals surface area contributed by atoms with Crippen LogP contribution < -0.4 is 10.5 Å². The van der Waals surface area contributed by atoms with Crippen molar-refractivity contribution in [1.82, 2.24) is 0 Å². The Morgan fingerprint density at radius 3 is 2.40 bits per heavy atom. The maximum atomic E-state index is 12.4. The Hall–Kier alpha value is -1.96. The number of hydrogen-bond acceptors (Lipinski definition) is 4. The van der Waals surface area contributed by atoms with E-state index in [1.165, 1.54) is 6.07 Å². The van der Waals surface area contributed by atoms with Crippen molar-refractivity contribution >= 4 is 44.8 Å². The summed E-state index contributed by atoms with van der Waals surface area (Å²) < 4.78 is 27.2. The fourth-order valence-electron chi connectivity index (χ4n) is 2.26. The molecule has 0 saturated heterocycles. The number of primary amides is 1. The summed E-state index contributed by atoms with van der Waals surface area (Å²) in [5, 5.41) is 9.80. The van der Waals surface area contributed by atoms with Gasteiger partial charge in [-0.25, -0.2) is 8.42 Å². The summed E-state index contributed by atoms with van der Waals surface area (Å²) in [5.41, 5.74) is 6.30. The summed E-state index contributed by atoms with van der Waals surface area (Å²) in [7, 11) is -4.08. The number of nitrogens with one attached hydrogen (secondary N) is 1. The minimum atomic E-state index is -4.08. The number of rotatable bonds is 6. The number of nitrogens with two attached hydrogens (primary N) is 1. The van der Waals surface area contributed by atoms with Gasteiger partial charge in [-0.1, -0.05) is 42.3 Å². The fraction of sp³-hybridized carbons (Fsp3) is 0.188. The van der Waals surface area contributed by atoms with E-state index in [2.05, 4.69) is 4.72 Å². The Morgan fingerprint density at radius 1 is 1.24 bits per heavy atom. The Morgan fingerprint density at radius 2 is 1.84 bits per heavy atom. The topological polar surface area (TPSA) is 109 Å². The molecule has 2 aromatic rings. The molecular formula is C16H16Cl2N2O4S. The van der Waals surface area contributed by atoms with Crippen molar-refractivity contribution in [3.05, 3.63) is 52.0 Å². The van der Waals surface area contributed by atoms with E-state index in [0.29, 0.717) is 0 Å². The Labute approximate surface area is 155 Å². The third-order valence-electron chi connectivity index (χ3n) is 3.52. The summed E-state index contributed by atoms with van der Waals surface area (Å²) in [6.45, 7) is 1.84. The zero-order valence-corrected chi connectivity index (χ0v) is 15.5. The minimum absolute atomic E-state index is 0.0822. The molecule has 0 fully saturated rings. The second-order valence-corrected chi connectivity index (χ2v) is 8.03. The van der Waals surface area contributed by atoms with Gasteiger partial charge in [0.2, 0.25) is 5.91 Å². The van der Waals surface area contributed by atoms with Gasteiger partial charge in [0.1, 0.15) is 4.90 Å². The van der Waals surface area contributed by atoms with Crippen molar-refractivity contribution in [2.45, 2.75) is 24.2 Å². The number of phenolic OH excluding ortho intramolecular Hbond substituents is 1. The van der Waals surface area contributed by atoms with Gasteiger partial charge in [0.15, 0.2) is 5.75 Å². The maximum Gasteiger partial charge on any atom is 0.265 e. The summed E-state index contributed by atoms with van der Waals surface area (Å²) in [5.74, 6) is -1.07. The maximum absolute atomic E-state index is 12.4. The SMILES string of the molecule is CC(CC(N)=O)c1ccc(NS(=O)(=O)c2cc(Cl)cc(Cl)c2O)cc1. The predicted octanol–water partition coefficient (Wildman–Crippen LogP) is 3.48. The lowest BCUT2D eigenvalue weighted by molar-refractivity contribution is -0.118. The number of benzene rings is 2. The highest BCUT2D eigenvalue weighted by Crippen LogP contribution is 2.35. The average Bonchev–Trinajstić information content (AvgIpc) is 2.50. The van der Waals surface area contributed by atoms with Crippen LogP contribution in [0.2, 0.25) is 10.0 Å². The molecule has 134 valence electrons. The van der Waals surface area contributed by atoms with E-state index in [9.17, 15) is 18.3 Å². The largest absolute Gasteiger partial charge is 0.505 e. The average molecular weight is 403 g/mol. The molecule has 0 saturated carbocycles. The molecule has 0 spiro atoms. The van der Waals surface area contributed by atoms with Gasteiger partial charge < -0.3 is 10.8 Å². The van der Waals surface area contributed by atoms with Crippen LogP contribution in [0.3, 0.4) is 0 Å². The number of amides is 1. The van der Waals surface area contributed by atoms with Gasteiger partial charge in [-0.05, 0) is 35.7 Å². The second kappa shape index (κ2) is 7.51. The van der Waals surface area contributed by atoms with Crippen molar-refractivity contribution < 1.29 is 18.3 Å². The van der Waals surface area contributed by atoms with Crippen LogP contribution in [0.25, 0.3) is 0 Å². The monoisotopic (exact) mass is 402 g/mol. The van der Waals surface area contributed by atoms with Crippen molar-refractivity contribution in [3.8, 4) is 5.75 Å². The number of carbonyl (C=O) groups excluding carboxylic acids is 1. The third kappa shape index (κ3) is 4.78. The van der Waals surface area contributed by atoms with Crippen molar-refractivity contribution in [2.24, 2.45) is 5.73 Å². The smallest absolute Gasteiger partial charge is 0.265 e. The molecule has 1 atom stereocenters. The number of aromatic hydroxyl groups is 1. The molecule has 0 heterocycles. The third-order valence-corrected chi connectivity index (χ3v) is 5.42. The van der Waals surface area contributed by atoms with Crippen LogP contribution >= 0.6 is 23.2 Å². The van der Waals surface area contributed by atoms with Gasteiger partial charge >= 0.3 is 0 Å². The molecule has 1 amide bonds. The van der Waals surface area contributed by atoms with E-state index < -0.39 is 26.6 Å². The quantitative estimate of drug-likeness (QED) is 0.686. The van der Waals surface area contributed by atoms with Crippen molar-refractivity contribution in [2.75, 3.05) is 4.72 Å². The lowest BCUT2D eigenvalue weighted by atomic mass is 9.97. The van der Waals surface area contributed by atoms with E-state index in [1.807, 2.05) is 6.92 Å². The second-order valence-electron chi connectivity index (χ2n) is 5.53. The first-order valence-corrected chi connectivity index (χ1v) is 9.43. The number of anilines is 1. The first-order chi connectivity index (χ1) is 11.6. The Bertz CT molecular complexity index is 899. The highest BCUT2D eigenvalue weighted by atomic mass is 35.5. The van der Waals surface area contributed by atoms with Crippen molar-refractivity contribution in [3.63, 3.8) is 0 Å². The highest BCUT2D eigenvalue weighted by molar-refractivity contribution is 7.92. The molecule has 0 bridgehead atoms. The van der Waals surface area contributed by atoms with Crippen LogP contribution in [0.15, 0.2) is 41.3 Å². The summed E-state index contributed by atoms with van der Waals surface area (Å²) in [4.78, 5) is 10.5. The van der Waals surface area contributed by atoms with Crippen LogP contribution in [0, 0.1) is 0 Å². The van der Waals surface area contributed by atoms with Gasteiger partial charge in [-0.2, -0.15) is 0 Å². The van der Waals surface area contributed by atoms with Gasteiger partial charge in [0.25, 0.3) is 10.0 Å². The van der Waals surface area contributed by atoms with Gasteiger partial charge in [0.05, 0.1) is 5.02 Å². The number of carbonyl (C=O) groups is 1. The van der Waals surface area contributed by atoms with Crippen LogP contribution in [-0.2, 0) is 14.8 Å². The van der Waals surface area contributed by atoms with E-state index in [1.54, 1.807) is 24.3 Å². The zero-order valence-electron chi connectivity index (χ0n) is 13.2. The number of halogens is 2. The highest BCUT2D eigenvalue weighted by Gasteiger charge is 2.22. The molecule has 9 heteroatoms. The first kappa shape index (κ1) is 19.4. The van der Waals surface area contributed by atoms with Gasteiger partial charge in [0, 0.05) is 17.1 Å². The summed E-state index contributed by atoms with van der Waals surface area (Å²) >= 11 is 11.6. The molecule has 4 N–H and O–H groups in total. The minimum Gasteiger partial charge on any atom is -0.505 e. The van der Waals surface area contributed by atoms with Crippen LogP contribution in [-0.4, -0.2) is 19.4 Å². The lowest BCUT2D eigenvalue weighted by Crippen LogP contribution is -2.14. The first-order valence-electron chi connectivity index (χ1n) is 7.19. The molecule has 25 heavy (non-hydrogen) atoms. The van der Waals surface area contributed by atoms with E-state index >= 15 is 0 Å². The molecular weight excluding hydrogens is 387 g/mol. The normalized spacial score (nSPS) is 12.6. The molecule has 0 aliphatic rings. The number of hydrogen-bond donors (Lipinski definition) is 3. The van der Waals surface area contributed by atoms with Crippen LogP contribution in [0.5, 0.6) is 5.75 Å². The predicted molar refractivity (Wildman–Crippen MR) is 97.6 cm³/mol. The van der Waals surface area contributed by atoms with E-state index in [0.717, 1.165) is 11.6 Å². The molecule has 0 aromatic heterocycles. The zero-order chi connectivity index (χ0) is 18.8. The van der Waals surface area contributed by atoms with Crippen molar-refractivity contribution in [1.29, 1.82) is 0 Å². The Balaban J connectivity index is 2.26. The number of phenols is 1. The molecule has 0 radical (unpaired) electrons. The Kier molecular flexibility index (Phi) is 5.82. The standard InChI is InChI=1S/C16H16Cl2N2O4S/c1-9(6-15(19)21)10-2-4-12(5-3-10)20-25(23,24)14-8-11(17)7-13(18)16(14)22/h2-5,7-9,20,22H,6H2,1H3,(H2,19,21). The van der Waals surface area contributed by atoms with Gasteiger partial charge in [-0.3, -0.25) is 9.52 Å². The lowest BCUT2D eigenvalue weighted by Gasteiger charge is -2.13. The summed E-state index contributed by atoms with van der Waals surface area (Å²) in [6, 6.07) is 8.83. The van der Waals surface area contributed by atoms with Crippen LogP contribution in [0.4, 0.5) is 5.69 Å². The van der Waals surface area contributed by atoms with E-state index in [4.69, 9.17) is 28.9 Å². The van der Waals surface area contributed by atoms with Crippen LogP contribution in [0.1, 0.15) is 24.8 Å². The summed E-state index contributed by atoms with van der Waals surface area (Å²) in [6.07, 6.45) is 0.194. The molecule has 2 aromatic carbocycles. The molecule has 1 unspecified atom stereocenters. The number of sulfonamides is 1. The fourth-order valence-corrected chi connectivity index (χ4v) is 4.07. The molecule has 2 rings (SSSR count).